The number of carboxylic acid groups (broad SMARTS) is 1. The molecule has 0 bridgehead atoms. The van der Waals surface area contributed by atoms with Gasteiger partial charge in [-0.05, 0) is 48.5 Å². The van der Waals surface area contributed by atoms with E-state index in [-0.39, 0.29) is 0 Å². The number of halogens is 1. The van der Waals surface area contributed by atoms with Crippen LogP contribution in [0.5, 0.6) is 0 Å². The van der Waals surface area contributed by atoms with E-state index >= 15 is 0 Å². The number of nitrogens with one attached hydrogen (secondary N) is 1. The first-order valence-corrected chi connectivity index (χ1v) is 9.02. The topological polar surface area (TPSA) is 83.5 Å². The number of carbonyl (C=O) groups is 2. The largest absolute Gasteiger partial charge is 0.478 e. The minimum atomic E-state index is -1.40. The van der Waals surface area contributed by atoms with Crippen molar-refractivity contribution in [2.75, 3.05) is 5.32 Å². The Hall–Kier alpha value is -3.32. The zero-order chi connectivity index (χ0) is 19.4. The number of amides is 1. The van der Waals surface area contributed by atoms with E-state index in [9.17, 15) is 18.2 Å². The maximum Gasteiger partial charge on any atom is 0.336 e. The minimum absolute atomic E-state index is 0.327. The predicted molar refractivity (Wildman–Crippen MR) is 98.9 cm³/mol. The number of aromatic carboxylic acids is 1. The average Bonchev–Trinajstić information content (AvgIpc) is 2.68. The van der Waals surface area contributed by atoms with E-state index in [4.69, 9.17) is 5.11 Å². The van der Waals surface area contributed by atoms with E-state index in [1.807, 2.05) is 6.07 Å². The molecule has 0 spiro atoms. The summed E-state index contributed by atoms with van der Waals surface area (Å²) in [6.45, 7) is 0. The molecule has 5 nitrogen and oxygen atoms in total. The lowest BCUT2D eigenvalue weighted by atomic mass is 10.1. The van der Waals surface area contributed by atoms with Gasteiger partial charge in [0.25, 0.3) is 5.91 Å². The second kappa shape index (κ2) is 7.92. The van der Waals surface area contributed by atoms with Gasteiger partial charge < -0.3 is 10.4 Å². The SMILES string of the molecule is O=C(O)c1cccc(F)c1C(=O)Nc1ccc(S(=O)c2ccccc2)cc1. The predicted octanol–water partition coefficient (Wildman–Crippen LogP) is 3.94. The quantitative estimate of drug-likeness (QED) is 0.699. The molecule has 0 radical (unpaired) electrons. The first kappa shape index (κ1) is 18.5. The fourth-order valence-corrected chi connectivity index (χ4v) is 3.53. The molecular formula is C20H14FNO4S. The van der Waals surface area contributed by atoms with Crippen LogP contribution >= 0.6 is 0 Å². The molecule has 1 unspecified atom stereocenters. The molecule has 0 saturated carbocycles. The van der Waals surface area contributed by atoms with Gasteiger partial charge >= 0.3 is 5.97 Å². The first-order valence-electron chi connectivity index (χ1n) is 7.87. The summed E-state index contributed by atoms with van der Waals surface area (Å²) in [6.07, 6.45) is 0. The number of benzene rings is 3. The van der Waals surface area contributed by atoms with Gasteiger partial charge in [0, 0.05) is 15.5 Å². The number of hydrogen-bond donors (Lipinski definition) is 2. The van der Waals surface area contributed by atoms with E-state index in [1.165, 1.54) is 18.2 Å². The van der Waals surface area contributed by atoms with Crippen LogP contribution in [0.15, 0.2) is 82.6 Å². The summed E-state index contributed by atoms with van der Waals surface area (Å²) in [4.78, 5) is 24.7. The lowest BCUT2D eigenvalue weighted by molar-refractivity contribution is 0.0691. The Morgan fingerprint density at radius 1 is 0.852 bits per heavy atom. The van der Waals surface area contributed by atoms with Gasteiger partial charge in [-0.3, -0.25) is 4.79 Å². The molecule has 1 atom stereocenters. The number of anilines is 1. The number of hydrogen-bond acceptors (Lipinski definition) is 3. The van der Waals surface area contributed by atoms with Gasteiger partial charge in [0.1, 0.15) is 5.82 Å². The fourth-order valence-electron chi connectivity index (χ4n) is 2.47. The summed E-state index contributed by atoms with van der Waals surface area (Å²) in [7, 11) is -1.37. The van der Waals surface area contributed by atoms with Crippen LogP contribution in [0.2, 0.25) is 0 Å². The Kier molecular flexibility index (Phi) is 5.42. The Balaban J connectivity index is 1.81. The van der Waals surface area contributed by atoms with Gasteiger partial charge in [0.2, 0.25) is 0 Å². The fraction of sp³-hybridized carbons (Fsp3) is 0. The van der Waals surface area contributed by atoms with Gasteiger partial charge in [-0.1, -0.05) is 24.3 Å². The molecule has 0 fully saturated rings. The third-order valence-electron chi connectivity index (χ3n) is 3.75. The molecule has 0 aliphatic rings. The van der Waals surface area contributed by atoms with Gasteiger partial charge in [0.15, 0.2) is 0 Å². The van der Waals surface area contributed by atoms with Crippen LogP contribution in [0.1, 0.15) is 20.7 Å². The molecule has 136 valence electrons. The van der Waals surface area contributed by atoms with Crippen molar-refractivity contribution in [3.05, 3.63) is 89.7 Å². The molecule has 0 aliphatic heterocycles. The molecule has 27 heavy (non-hydrogen) atoms. The monoisotopic (exact) mass is 383 g/mol. The first-order chi connectivity index (χ1) is 13.0. The van der Waals surface area contributed by atoms with E-state index in [0.29, 0.717) is 15.5 Å². The molecule has 7 heteroatoms. The third-order valence-corrected chi connectivity index (χ3v) is 5.16. The highest BCUT2D eigenvalue weighted by molar-refractivity contribution is 7.85. The lowest BCUT2D eigenvalue weighted by Gasteiger charge is -2.09. The molecule has 3 rings (SSSR count). The van der Waals surface area contributed by atoms with Crippen molar-refractivity contribution in [3.8, 4) is 0 Å². The lowest BCUT2D eigenvalue weighted by Crippen LogP contribution is -2.18. The van der Waals surface area contributed by atoms with Gasteiger partial charge in [-0.2, -0.15) is 0 Å². The van der Waals surface area contributed by atoms with Crippen LogP contribution in [0.4, 0.5) is 10.1 Å². The summed E-state index contributed by atoms with van der Waals surface area (Å²) < 4.78 is 26.4. The average molecular weight is 383 g/mol. The Bertz CT molecular complexity index is 1020. The summed E-state index contributed by atoms with van der Waals surface area (Å²) in [6, 6.07) is 18.5. The normalized spacial score (nSPS) is 11.6. The molecule has 2 N–H and O–H groups in total. The van der Waals surface area contributed by atoms with Gasteiger partial charge in [0.05, 0.1) is 21.9 Å². The second-order valence-corrected chi connectivity index (χ2v) is 7.01. The van der Waals surface area contributed by atoms with Crippen molar-refractivity contribution >= 4 is 28.4 Å². The Labute approximate surface area is 156 Å². The third kappa shape index (κ3) is 4.09. The van der Waals surface area contributed by atoms with Gasteiger partial charge in [-0.25, -0.2) is 13.4 Å². The van der Waals surface area contributed by atoms with Crippen LogP contribution in [0, 0.1) is 5.82 Å². The Morgan fingerprint density at radius 3 is 2.11 bits per heavy atom. The van der Waals surface area contributed by atoms with Crippen molar-refractivity contribution in [2.45, 2.75) is 9.79 Å². The second-order valence-electron chi connectivity index (χ2n) is 5.53. The van der Waals surface area contributed by atoms with Crippen molar-refractivity contribution in [3.63, 3.8) is 0 Å². The molecule has 0 heterocycles. The van der Waals surface area contributed by atoms with Crippen LogP contribution in [-0.2, 0) is 10.8 Å². The zero-order valence-corrected chi connectivity index (χ0v) is 14.7. The molecule has 3 aromatic carbocycles. The number of carbonyl (C=O) groups excluding carboxylic acids is 1. The molecule has 0 saturated heterocycles. The minimum Gasteiger partial charge on any atom is -0.478 e. The highest BCUT2D eigenvalue weighted by atomic mass is 32.2. The van der Waals surface area contributed by atoms with Crippen LogP contribution in [0.25, 0.3) is 0 Å². The smallest absolute Gasteiger partial charge is 0.336 e. The number of rotatable bonds is 5. The summed E-state index contributed by atoms with van der Waals surface area (Å²) in [5.74, 6) is -3.19. The highest BCUT2D eigenvalue weighted by Crippen LogP contribution is 2.20. The molecule has 0 aromatic heterocycles. The molecule has 0 aliphatic carbocycles. The molecule has 1 amide bonds. The van der Waals surface area contributed by atoms with E-state index in [0.717, 1.165) is 12.1 Å². The zero-order valence-electron chi connectivity index (χ0n) is 13.9. The van der Waals surface area contributed by atoms with Crippen molar-refractivity contribution < 1.29 is 23.3 Å². The van der Waals surface area contributed by atoms with Crippen molar-refractivity contribution in [1.29, 1.82) is 0 Å². The summed E-state index contributed by atoms with van der Waals surface area (Å²) in [5, 5.41) is 11.6. The standard InChI is InChI=1S/C20H14FNO4S/c21-17-8-4-7-16(20(24)25)18(17)19(23)22-13-9-11-15(12-10-13)27(26)14-5-2-1-3-6-14/h1-12H,(H,22,23)(H,24,25). The van der Waals surface area contributed by atoms with Gasteiger partial charge in [-0.15, -0.1) is 0 Å². The van der Waals surface area contributed by atoms with Crippen LogP contribution in [-0.4, -0.2) is 21.2 Å². The van der Waals surface area contributed by atoms with E-state index in [1.54, 1.807) is 36.4 Å². The number of carboxylic acids is 1. The maximum absolute atomic E-state index is 14.0. The summed E-state index contributed by atoms with van der Waals surface area (Å²) in [5.41, 5.74) is -0.635. The van der Waals surface area contributed by atoms with E-state index in [2.05, 4.69) is 5.32 Å². The summed E-state index contributed by atoms with van der Waals surface area (Å²) >= 11 is 0. The van der Waals surface area contributed by atoms with Crippen molar-refractivity contribution in [1.82, 2.24) is 0 Å². The highest BCUT2D eigenvalue weighted by Gasteiger charge is 2.21. The Morgan fingerprint density at radius 2 is 1.48 bits per heavy atom. The molecular weight excluding hydrogens is 369 g/mol. The molecule has 3 aromatic rings. The van der Waals surface area contributed by atoms with E-state index < -0.39 is 39.6 Å². The van der Waals surface area contributed by atoms with Crippen molar-refractivity contribution in [2.24, 2.45) is 0 Å². The van der Waals surface area contributed by atoms with Crippen LogP contribution < -0.4 is 5.32 Å². The maximum atomic E-state index is 14.0. The van der Waals surface area contributed by atoms with Crippen LogP contribution in [0.3, 0.4) is 0 Å².